The van der Waals surface area contributed by atoms with E-state index in [9.17, 15) is 18.0 Å². The van der Waals surface area contributed by atoms with Crippen LogP contribution in [-0.4, -0.2) is 33.3 Å². The number of H-pyrrole nitrogens is 1. The van der Waals surface area contributed by atoms with E-state index in [1.165, 1.54) is 23.4 Å². The lowest BCUT2D eigenvalue weighted by Gasteiger charge is -2.19. The number of aromatic nitrogens is 4. The van der Waals surface area contributed by atoms with Crippen molar-refractivity contribution in [2.45, 2.75) is 29.4 Å². The maximum Gasteiger partial charge on any atom is 0.332 e. The van der Waals surface area contributed by atoms with Crippen molar-refractivity contribution < 1.29 is 8.42 Å². The summed E-state index contributed by atoms with van der Waals surface area (Å²) in [6.45, 7) is 1.90. The maximum atomic E-state index is 13.0. The Balaban J connectivity index is 1.55. The van der Waals surface area contributed by atoms with Gasteiger partial charge in [0, 0.05) is 25.9 Å². The van der Waals surface area contributed by atoms with Crippen LogP contribution in [0.15, 0.2) is 74.2 Å². The predicted molar refractivity (Wildman–Crippen MR) is 133 cm³/mol. The molecule has 4 aromatic rings. The van der Waals surface area contributed by atoms with E-state index in [4.69, 9.17) is 0 Å². The fourth-order valence-electron chi connectivity index (χ4n) is 3.60. The number of hydrogen-bond acceptors (Lipinski definition) is 6. The topological polar surface area (TPSA) is 119 Å². The van der Waals surface area contributed by atoms with Crippen molar-refractivity contribution in [1.29, 1.82) is 0 Å². The monoisotopic (exact) mass is 499 g/mol. The van der Waals surface area contributed by atoms with Gasteiger partial charge in [-0.05, 0) is 31.0 Å². The van der Waals surface area contributed by atoms with Gasteiger partial charge in [-0.1, -0.05) is 59.8 Å². The second-order valence-corrected chi connectivity index (χ2v) is 10.8. The third-order valence-corrected chi connectivity index (χ3v) is 7.94. The van der Waals surface area contributed by atoms with E-state index in [0.717, 1.165) is 15.7 Å². The molecule has 1 unspecified atom stereocenters. The molecule has 0 aliphatic rings. The van der Waals surface area contributed by atoms with E-state index < -0.39 is 27.3 Å². The smallest absolute Gasteiger partial charge is 0.327 e. The predicted octanol–water partition coefficient (Wildman–Crippen LogP) is 2.47. The fraction of sp³-hybridized carbons (Fsp3) is 0.261. The number of imidazole rings is 1. The van der Waals surface area contributed by atoms with Gasteiger partial charge in [-0.2, -0.15) is 0 Å². The normalized spacial score (nSPS) is 12.8. The molecule has 0 saturated carbocycles. The summed E-state index contributed by atoms with van der Waals surface area (Å²) in [7, 11) is -0.746. The first-order chi connectivity index (χ1) is 16.2. The van der Waals surface area contributed by atoms with Crippen molar-refractivity contribution in [3.8, 4) is 0 Å². The third kappa shape index (κ3) is 4.86. The van der Waals surface area contributed by atoms with Gasteiger partial charge in [0.2, 0.25) is 10.0 Å². The van der Waals surface area contributed by atoms with Crippen LogP contribution in [0.2, 0.25) is 0 Å². The molecular weight excluding hydrogens is 474 g/mol. The molecule has 0 aliphatic heterocycles. The SMILES string of the molecule is Cc1ccc(S(=O)(=O)NC(CCSc2nc3c([nH]2)c(=O)n(C)c(=O)n3C)c2ccccc2)cc1. The Morgan fingerprint density at radius 3 is 2.38 bits per heavy atom. The highest BCUT2D eigenvalue weighted by atomic mass is 32.2. The molecule has 1 atom stereocenters. The molecule has 2 aromatic carbocycles. The summed E-state index contributed by atoms with van der Waals surface area (Å²) >= 11 is 1.36. The lowest BCUT2D eigenvalue weighted by molar-refractivity contribution is 0.551. The number of nitrogens with one attached hydrogen (secondary N) is 2. The van der Waals surface area contributed by atoms with Crippen molar-refractivity contribution in [3.63, 3.8) is 0 Å². The van der Waals surface area contributed by atoms with Gasteiger partial charge in [-0.15, -0.1) is 0 Å². The van der Waals surface area contributed by atoms with Gasteiger partial charge in [-0.3, -0.25) is 13.9 Å². The van der Waals surface area contributed by atoms with Crippen molar-refractivity contribution in [2.24, 2.45) is 14.1 Å². The molecule has 11 heteroatoms. The first-order valence-electron chi connectivity index (χ1n) is 10.6. The highest BCUT2D eigenvalue weighted by molar-refractivity contribution is 7.99. The molecule has 0 radical (unpaired) electrons. The molecule has 178 valence electrons. The number of hydrogen-bond donors (Lipinski definition) is 2. The molecule has 0 fully saturated rings. The molecule has 2 N–H and O–H groups in total. The Bertz CT molecular complexity index is 1540. The van der Waals surface area contributed by atoms with Crippen molar-refractivity contribution in [3.05, 3.63) is 86.6 Å². The van der Waals surface area contributed by atoms with Crippen LogP contribution in [0, 0.1) is 6.92 Å². The van der Waals surface area contributed by atoms with Gasteiger partial charge in [0.15, 0.2) is 16.3 Å². The van der Waals surface area contributed by atoms with E-state index in [1.54, 1.807) is 31.3 Å². The van der Waals surface area contributed by atoms with Gasteiger partial charge in [0.1, 0.15) is 0 Å². The number of rotatable bonds is 8. The lowest BCUT2D eigenvalue weighted by atomic mass is 10.1. The van der Waals surface area contributed by atoms with E-state index in [2.05, 4.69) is 14.7 Å². The Kier molecular flexibility index (Phi) is 6.78. The van der Waals surface area contributed by atoms with Crippen LogP contribution in [0.1, 0.15) is 23.6 Å². The summed E-state index contributed by atoms with van der Waals surface area (Å²) in [6, 6.07) is 15.6. The first kappa shape index (κ1) is 24.0. The Labute approximate surface area is 200 Å². The van der Waals surface area contributed by atoms with Crippen LogP contribution >= 0.6 is 11.8 Å². The van der Waals surface area contributed by atoms with Crippen LogP contribution in [0.3, 0.4) is 0 Å². The number of benzene rings is 2. The average Bonchev–Trinajstić information content (AvgIpc) is 3.26. The minimum absolute atomic E-state index is 0.209. The highest BCUT2D eigenvalue weighted by Crippen LogP contribution is 2.25. The summed E-state index contributed by atoms with van der Waals surface area (Å²) in [6.07, 6.45) is 0.480. The van der Waals surface area contributed by atoms with Crippen LogP contribution < -0.4 is 16.0 Å². The average molecular weight is 500 g/mol. The fourth-order valence-corrected chi connectivity index (χ4v) is 5.73. The lowest BCUT2D eigenvalue weighted by Crippen LogP contribution is -2.36. The second-order valence-electron chi connectivity index (χ2n) is 7.98. The number of thioether (sulfide) groups is 1. The number of sulfonamides is 1. The Morgan fingerprint density at radius 1 is 1.03 bits per heavy atom. The molecule has 0 amide bonds. The highest BCUT2D eigenvalue weighted by Gasteiger charge is 2.22. The zero-order chi connectivity index (χ0) is 24.5. The van der Waals surface area contributed by atoms with E-state index in [-0.39, 0.29) is 16.1 Å². The van der Waals surface area contributed by atoms with Crippen LogP contribution in [0.25, 0.3) is 11.2 Å². The number of aromatic amines is 1. The van der Waals surface area contributed by atoms with Crippen LogP contribution in [0.4, 0.5) is 0 Å². The third-order valence-electron chi connectivity index (χ3n) is 5.55. The molecule has 2 heterocycles. The molecule has 4 rings (SSSR count). The zero-order valence-corrected chi connectivity index (χ0v) is 20.6. The number of nitrogens with zero attached hydrogens (tertiary/aromatic N) is 3. The molecule has 2 aromatic heterocycles. The van der Waals surface area contributed by atoms with Crippen LogP contribution in [0.5, 0.6) is 0 Å². The van der Waals surface area contributed by atoms with Gasteiger partial charge >= 0.3 is 5.69 Å². The molecular formula is C23H25N5O4S2. The van der Waals surface area contributed by atoms with Gasteiger partial charge < -0.3 is 4.98 Å². The summed E-state index contributed by atoms with van der Waals surface area (Å²) in [5, 5.41) is 0.488. The molecule has 0 bridgehead atoms. The minimum Gasteiger partial charge on any atom is -0.327 e. The second kappa shape index (κ2) is 9.61. The number of fused-ring (bicyclic) bond motifs is 1. The van der Waals surface area contributed by atoms with Crippen molar-refractivity contribution in [1.82, 2.24) is 23.8 Å². The Hall–Kier alpha value is -3.15. The summed E-state index contributed by atoms with van der Waals surface area (Å²) in [4.78, 5) is 32.1. The van der Waals surface area contributed by atoms with Gasteiger partial charge in [-0.25, -0.2) is 22.9 Å². The molecule has 34 heavy (non-hydrogen) atoms. The molecule has 0 saturated heterocycles. The van der Waals surface area contributed by atoms with Crippen LogP contribution in [-0.2, 0) is 24.1 Å². The summed E-state index contributed by atoms with van der Waals surface area (Å²) < 4.78 is 31.2. The van der Waals surface area contributed by atoms with Crippen molar-refractivity contribution in [2.75, 3.05) is 5.75 Å². The van der Waals surface area contributed by atoms with Gasteiger partial charge in [0.05, 0.1) is 4.90 Å². The van der Waals surface area contributed by atoms with E-state index in [0.29, 0.717) is 17.3 Å². The summed E-state index contributed by atoms with van der Waals surface area (Å²) in [5.41, 5.74) is 1.48. The zero-order valence-electron chi connectivity index (χ0n) is 19.0. The minimum atomic E-state index is -3.73. The quantitative estimate of drug-likeness (QED) is 0.360. The molecule has 9 nitrogen and oxygen atoms in total. The van der Waals surface area contributed by atoms with Crippen molar-refractivity contribution >= 4 is 32.9 Å². The first-order valence-corrected chi connectivity index (χ1v) is 13.1. The number of aryl methyl sites for hydroxylation is 2. The van der Waals surface area contributed by atoms with E-state index >= 15 is 0 Å². The molecule has 0 aliphatic carbocycles. The summed E-state index contributed by atoms with van der Waals surface area (Å²) in [5.74, 6) is 0.518. The molecule has 0 spiro atoms. The standard InChI is InChI=1S/C23H25N5O4S2/c1-15-9-11-17(12-10-15)34(31,32)26-18(16-7-5-4-6-8-16)13-14-33-22-24-19-20(25-22)27(2)23(30)28(3)21(19)29/h4-12,18,26H,13-14H2,1-3H3,(H,24,25). The van der Waals surface area contributed by atoms with E-state index in [1.807, 2.05) is 37.3 Å². The Morgan fingerprint density at radius 2 is 1.71 bits per heavy atom. The maximum absolute atomic E-state index is 13.0. The largest absolute Gasteiger partial charge is 0.332 e. The van der Waals surface area contributed by atoms with Gasteiger partial charge in [0.25, 0.3) is 5.56 Å².